The lowest BCUT2D eigenvalue weighted by atomic mass is 9.74. The molecule has 198 valence electrons. The van der Waals surface area contributed by atoms with Crippen molar-refractivity contribution in [3.63, 3.8) is 0 Å². The Morgan fingerprint density at radius 2 is 1.81 bits per heavy atom. The predicted octanol–water partition coefficient (Wildman–Crippen LogP) is 8.49. The van der Waals surface area contributed by atoms with Gasteiger partial charge in [0.1, 0.15) is 5.69 Å². The van der Waals surface area contributed by atoms with E-state index < -0.39 is 20.2 Å². The third-order valence-electron chi connectivity index (χ3n) is 7.32. The predicted molar refractivity (Wildman–Crippen MR) is 147 cm³/mol. The zero-order valence-corrected chi connectivity index (χ0v) is 25.7. The summed E-state index contributed by atoms with van der Waals surface area (Å²) < 4.78 is 46.8. The fourth-order valence-corrected chi connectivity index (χ4v) is 6.78. The van der Waals surface area contributed by atoms with E-state index in [2.05, 4.69) is 75.3 Å². The monoisotopic (exact) mass is 632 g/mol. The van der Waals surface area contributed by atoms with Crippen LogP contribution >= 0.6 is 22.6 Å². The van der Waals surface area contributed by atoms with Crippen molar-refractivity contribution in [2.45, 2.75) is 97.6 Å². The maximum Gasteiger partial charge on any atom is 0.433 e. The van der Waals surface area contributed by atoms with Crippen LogP contribution in [0, 0.1) is 8.99 Å². The van der Waals surface area contributed by atoms with E-state index in [0.29, 0.717) is 11.3 Å². The smallest absolute Gasteiger partial charge is 0.410 e. The normalized spacial score (nSPS) is 18.3. The van der Waals surface area contributed by atoms with E-state index in [0.717, 1.165) is 39.9 Å². The summed E-state index contributed by atoms with van der Waals surface area (Å²) in [5.74, 6) is -0.412. The zero-order chi connectivity index (χ0) is 27.4. The van der Waals surface area contributed by atoms with Crippen molar-refractivity contribution in [3.8, 4) is 0 Å². The lowest BCUT2D eigenvalue weighted by molar-refractivity contribution is -0.141. The van der Waals surface area contributed by atoms with Gasteiger partial charge in [-0.1, -0.05) is 48.5 Å². The van der Waals surface area contributed by atoms with Gasteiger partial charge in [-0.05, 0) is 77.0 Å². The van der Waals surface area contributed by atoms with Gasteiger partial charge in [0.2, 0.25) is 0 Å². The number of carbonyl (C=O) groups excluding carboxylic acids is 1. The Labute approximate surface area is 227 Å². The van der Waals surface area contributed by atoms with Gasteiger partial charge in [0.25, 0.3) is 0 Å². The second-order valence-electron chi connectivity index (χ2n) is 12.4. The summed E-state index contributed by atoms with van der Waals surface area (Å²) in [5, 5.41) is 0.00996. The molecular formula is C27H36F3IN2O2Si. The summed E-state index contributed by atoms with van der Waals surface area (Å²) in [6.07, 6.45) is -2.18. The molecule has 0 saturated carbocycles. The van der Waals surface area contributed by atoms with E-state index in [4.69, 9.17) is 9.41 Å². The molecule has 9 heteroatoms. The number of halogens is 4. The molecule has 36 heavy (non-hydrogen) atoms. The molecule has 1 aliphatic carbocycles. The standard InChI is InChI=1S/C27H36F3IN2O2Si/c1-15(2)23-21(24(34)16-10-11-19(32-14-16)27(28,29)30)22(31)20-17(33-23)12-26(6,7)13-18(20)35-36(8,9)25(3,4)5/h10-11,14-15,18H,12-13H2,1-9H3. The van der Waals surface area contributed by atoms with Crippen LogP contribution < -0.4 is 0 Å². The van der Waals surface area contributed by atoms with Gasteiger partial charge in [-0.2, -0.15) is 13.2 Å². The molecule has 0 radical (unpaired) electrons. The van der Waals surface area contributed by atoms with Crippen LogP contribution in [0.2, 0.25) is 18.1 Å². The van der Waals surface area contributed by atoms with Gasteiger partial charge in [-0.25, -0.2) is 0 Å². The lowest BCUT2D eigenvalue weighted by Gasteiger charge is -2.44. The van der Waals surface area contributed by atoms with Crippen molar-refractivity contribution < 1.29 is 22.4 Å². The van der Waals surface area contributed by atoms with Crippen LogP contribution in [0.5, 0.6) is 0 Å². The quantitative estimate of drug-likeness (QED) is 0.189. The minimum Gasteiger partial charge on any atom is -0.410 e. The van der Waals surface area contributed by atoms with Crippen LogP contribution in [-0.4, -0.2) is 24.1 Å². The fraction of sp³-hybridized carbons (Fsp3) is 0.593. The first kappa shape index (κ1) is 29.2. The highest BCUT2D eigenvalue weighted by Crippen LogP contribution is 2.49. The van der Waals surface area contributed by atoms with Crippen molar-refractivity contribution in [1.29, 1.82) is 0 Å². The molecule has 0 bridgehead atoms. The van der Waals surface area contributed by atoms with Gasteiger partial charge in [-0.3, -0.25) is 14.8 Å². The average Bonchev–Trinajstić information content (AvgIpc) is 2.70. The summed E-state index contributed by atoms with van der Waals surface area (Å²) in [6, 6.07) is 2.05. The lowest BCUT2D eigenvalue weighted by Crippen LogP contribution is -2.44. The molecule has 3 rings (SSSR count). The number of nitrogens with zero attached hydrogens (tertiary/aromatic N) is 2. The van der Waals surface area contributed by atoms with Gasteiger partial charge in [0.05, 0.1) is 17.4 Å². The highest BCUT2D eigenvalue weighted by molar-refractivity contribution is 14.1. The highest BCUT2D eigenvalue weighted by atomic mass is 127. The van der Waals surface area contributed by atoms with Crippen LogP contribution in [-0.2, 0) is 17.0 Å². The maximum absolute atomic E-state index is 13.7. The molecule has 0 spiro atoms. The molecule has 2 aromatic rings. The second-order valence-corrected chi connectivity index (χ2v) is 18.2. The van der Waals surface area contributed by atoms with Crippen molar-refractivity contribution in [2.75, 3.05) is 0 Å². The van der Waals surface area contributed by atoms with Gasteiger partial charge in [0, 0.05) is 26.6 Å². The van der Waals surface area contributed by atoms with Gasteiger partial charge >= 0.3 is 6.18 Å². The first-order valence-corrected chi connectivity index (χ1v) is 16.2. The number of fused-ring (bicyclic) bond motifs is 1. The fourth-order valence-electron chi connectivity index (χ4n) is 4.33. The molecule has 0 aliphatic heterocycles. The van der Waals surface area contributed by atoms with E-state index >= 15 is 0 Å². The Kier molecular flexibility index (Phi) is 7.92. The number of aromatic nitrogens is 2. The Balaban J connectivity index is 2.19. The molecule has 0 N–H and O–H groups in total. The summed E-state index contributed by atoms with van der Waals surface area (Å²) in [4.78, 5) is 22.3. The summed E-state index contributed by atoms with van der Waals surface area (Å²) >= 11 is 2.22. The molecule has 2 heterocycles. The largest absolute Gasteiger partial charge is 0.433 e. The van der Waals surface area contributed by atoms with E-state index in [1.54, 1.807) is 0 Å². The molecule has 2 aromatic heterocycles. The number of rotatable bonds is 5. The van der Waals surface area contributed by atoms with Crippen LogP contribution in [0.4, 0.5) is 13.2 Å². The first-order valence-electron chi connectivity index (χ1n) is 12.2. The Morgan fingerprint density at radius 3 is 2.28 bits per heavy atom. The van der Waals surface area contributed by atoms with Crippen molar-refractivity contribution >= 4 is 36.7 Å². The first-order chi connectivity index (χ1) is 16.2. The van der Waals surface area contributed by atoms with Gasteiger partial charge in [-0.15, -0.1) is 0 Å². The third-order valence-corrected chi connectivity index (χ3v) is 12.9. The van der Waals surface area contributed by atoms with Crippen molar-refractivity contribution in [2.24, 2.45) is 5.41 Å². The van der Waals surface area contributed by atoms with E-state index in [-0.39, 0.29) is 33.8 Å². The van der Waals surface area contributed by atoms with Crippen LogP contribution in [0.15, 0.2) is 18.3 Å². The van der Waals surface area contributed by atoms with Crippen molar-refractivity contribution in [1.82, 2.24) is 9.97 Å². The number of hydrogen-bond acceptors (Lipinski definition) is 4. The highest BCUT2D eigenvalue weighted by Gasteiger charge is 2.44. The van der Waals surface area contributed by atoms with E-state index in [1.165, 1.54) is 6.07 Å². The zero-order valence-electron chi connectivity index (χ0n) is 22.5. The molecular weight excluding hydrogens is 596 g/mol. The van der Waals surface area contributed by atoms with E-state index in [1.807, 2.05) is 13.8 Å². The minimum absolute atomic E-state index is 0.00996. The topological polar surface area (TPSA) is 52.1 Å². The molecule has 1 aliphatic rings. The Bertz CT molecular complexity index is 1150. The minimum atomic E-state index is -4.56. The molecule has 1 unspecified atom stereocenters. The third kappa shape index (κ3) is 5.88. The van der Waals surface area contributed by atoms with Crippen LogP contribution in [0.3, 0.4) is 0 Å². The van der Waals surface area contributed by atoms with Crippen LogP contribution in [0.25, 0.3) is 0 Å². The second kappa shape index (κ2) is 9.76. The molecule has 1 atom stereocenters. The van der Waals surface area contributed by atoms with Crippen molar-refractivity contribution in [3.05, 3.63) is 55.7 Å². The summed E-state index contributed by atoms with van der Waals surface area (Å²) in [6.45, 7) is 19.4. The summed E-state index contributed by atoms with van der Waals surface area (Å²) in [7, 11) is -2.15. The number of alkyl halides is 3. The average molecular weight is 633 g/mol. The number of ketones is 1. The molecule has 4 nitrogen and oxygen atoms in total. The molecule has 0 fully saturated rings. The summed E-state index contributed by atoms with van der Waals surface area (Å²) in [5.41, 5.74) is 2.07. The number of hydrogen-bond donors (Lipinski definition) is 0. The Morgan fingerprint density at radius 1 is 1.19 bits per heavy atom. The maximum atomic E-state index is 13.7. The SMILES string of the molecule is CC(C)c1nc2c(c(I)c1C(=O)c1ccc(C(F)(F)F)nc1)C(O[Si](C)(C)C(C)(C)C)CC(C)(C)C2. The number of carbonyl (C=O) groups is 1. The Hall–Kier alpha value is -1.33. The van der Waals surface area contributed by atoms with Gasteiger partial charge < -0.3 is 4.43 Å². The van der Waals surface area contributed by atoms with E-state index in [9.17, 15) is 18.0 Å². The van der Waals surface area contributed by atoms with Crippen LogP contribution in [0.1, 0.15) is 105 Å². The van der Waals surface area contributed by atoms with Gasteiger partial charge in [0.15, 0.2) is 14.1 Å². The molecule has 0 amide bonds. The molecule has 0 saturated heterocycles. The molecule has 0 aromatic carbocycles. The number of pyridine rings is 2.